The van der Waals surface area contributed by atoms with Crippen molar-refractivity contribution in [3.8, 4) is 5.75 Å². The lowest BCUT2D eigenvalue weighted by Crippen LogP contribution is -2.64. The molecule has 0 unspecified atom stereocenters. The molecular formula is C31H38O17. The molecule has 48 heavy (non-hydrogen) atoms. The Morgan fingerprint density at radius 1 is 0.792 bits per heavy atom. The van der Waals surface area contributed by atoms with Gasteiger partial charge in [0.15, 0.2) is 42.8 Å². The van der Waals surface area contributed by atoms with Gasteiger partial charge in [-0.2, -0.15) is 0 Å². The molecule has 0 amide bonds. The van der Waals surface area contributed by atoms with E-state index in [1.165, 1.54) is 19.2 Å². The van der Waals surface area contributed by atoms with Crippen LogP contribution in [-0.2, 0) is 66.6 Å². The molecule has 0 saturated carbocycles. The fourth-order valence-electron chi connectivity index (χ4n) is 5.75. The zero-order valence-corrected chi connectivity index (χ0v) is 26.9. The first-order valence-electron chi connectivity index (χ1n) is 15.0. The summed E-state index contributed by atoms with van der Waals surface area (Å²) in [4.78, 5) is 74.6. The molecule has 17 nitrogen and oxygen atoms in total. The van der Waals surface area contributed by atoms with Crippen molar-refractivity contribution in [3.05, 3.63) is 29.8 Å². The van der Waals surface area contributed by atoms with Crippen molar-refractivity contribution in [2.24, 2.45) is 11.8 Å². The topological polar surface area (TPSA) is 215 Å². The monoisotopic (exact) mass is 682 g/mol. The Bertz CT molecular complexity index is 1340. The van der Waals surface area contributed by atoms with E-state index in [9.17, 15) is 33.9 Å². The number of carbonyl (C=O) groups excluding carboxylic acids is 6. The van der Waals surface area contributed by atoms with Gasteiger partial charge < -0.3 is 52.5 Å². The smallest absolute Gasteiger partial charge is 0.338 e. The fraction of sp³-hybridized carbons (Fsp3) is 0.613. The SMILES string of the molecule is COc1ccc(C(=O)O[C@H]2[C@H]3CCO[C@H](O[C@@H]4O[C@H](COC(C)=O)[C@@H](OC(C)=O)[C@H](OC(C)=O)[C@H]4OC(C)=O)[C@H]3C(=O)CO[C@H]2O)cc1. The Kier molecular flexibility index (Phi) is 12.4. The largest absolute Gasteiger partial charge is 0.497 e. The lowest BCUT2D eigenvalue weighted by atomic mass is 9.80. The van der Waals surface area contributed by atoms with Crippen LogP contribution < -0.4 is 4.74 Å². The van der Waals surface area contributed by atoms with Crippen LogP contribution in [0.5, 0.6) is 5.75 Å². The molecule has 264 valence electrons. The van der Waals surface area contributed by atoms with Gasteiger partial charge in [0.25, 0.3) is 0 Å². The molecular weight excluding hydrogens is 644 g/mol. The molecule has 0 aliphatic carbocycles. The molecule has 17 heteroatoms. The number of rotatable bonds is 10. The number of hydrogen-bond acceptors (Lipinski definition) is 17. The first-order valence-corrected chi connectivity index (χ1v) is 15.0. The second-order valence-electron chi connectivity index (χ2n) is 11.2. The van der Waals surface area contributed by atoms with Crippen LogP contribution in [0.4, 0.5) is 0 Å². The number of fused-ring (bicyclic) bond motifs is 1. The zero-order valence-electron chi connectivity index (χ0n) is 26.9. The van der Waals surface area contributed by atoms with E-state index in [2.05, 4.69) is 0 Å². The Labute approximate surface area is 274 Å². The van der Waals surface area contributed by atoms with Gasteiger partial charge in [0.2, 0.25) is 6.29 Å². The van der Waals surface area contributed by atoms with Crippen LogP contribution in [0.1, 0.15) is 44.5 Å². The highest BCUT2D eigenvalue weighted by atomic mass is 16.8. The van der Waals surface area contributed by atoms with Crippen molar-refractivity contribution in [2.45, 2.75) is 83.5 Å². The van der Waals surface area contributed by atoms with Gasteiger partial charge in [-0.25, -0.2) is 4.79 Å². The molecule has 10 atom stereocenters. The first kappa shape index (κ1) is 36.7. The average Bonchev–Trinajstić information content (AvgIpc) is 3.14. The normalized spacial score (nSPS) is 31.7. The van der Waals surface area contributed by atoms with E-state index in [4.69, 9.17) is 47.4 Å². The van der Waals surface area contributed by atoms with Crippen molar-refractivity contribution in [2.75, 3.05) is 26.9 Å². The van der Waals surface area contributed by atoms with E-state index in [0.717, 1.165) is 27.7 Å². The van der Waals surface area contributed by atoms with Gasteiger partial charge >= 0.3 is 29.8 Å². The van der Waals surface area contributed by atoms with Gasteiger partial charge in [-0.05, 0) is 30.7 Å². The Hall–Kier alpha value is -4.16. The summed E-state index contributed by atoms with van der Waals surface area (Å²) >= 11 is 0. The second-order valence-corrected chi connectivity index (χ2v) is 11.2. The molecule has 0 bridgehead atoms. The highest BCUT2D eigenvalue weighted by molar-refractivity contribution is 5.90. The van der Waals surface area contributed by atoms with E-state index in [0.29, 0.717) is 5.75 Å². The summed E-state index contributed by atoms with van der Waals surface area (Å²) in [6.45, 7) is 3.20. The molecule has 1 aromatic rings. The molecule has 4 rings (SSSR count). The van der Waals surface area contributed by atoms with Crippen LogP contribution in [0.25, 0.3) is 0 Å². The van der Waals surface area contributed by atoms with Crippen molar-refractivity contribution >= 4 is 35.6 Å². The molecule has 3 aliphatic rings. The minimum Gasteiger partial charge on any atom is -0.497 e. The number of benzene rings is 1. The first-order chi connectivity index (χ1) is 22.8. The quantitative estimate of drug-likeness (QED) is 0.258. The van der Waals surface area contributed by atoms with Crippen molar-refractivity contribution in [3.63, 3.8) is 0 Å². The molecule has 3 fully saturated rings. The van der Waals surface area contributed by atoms with Crippen molar-refractivity contribution < 1.29 is 81.2 Å². The predicted molar refractivity (Wildman–Crippen MR) is 154 cm³/mol. The van der Waals surface area contributed by atoms with Crippen LogP contribution in [-0.4, -0.2) is 117 Å². The minimum absolute atomic E-state index is 0.0479. The summed E-state index contributed by atoms with van der Waals surface area (Å²) in [7, 11) is 1.47. The molecule has 3 saturated heterocycles. The molecule has 0 spiro atoms. The number of methoxy groups -OCH3 is 1. The maximum Gasteiger partial charge on any atom is 0.338 e. The van der Waals surface area contributed by atoms with E-state index in [1.54, 1.807) is 12.1 Å². The van der Waals surface area contributed by atoms with Gasteiger partial charge in [0.05, 0.1) is 25.2 Å². The standard InChI is InChI=1S/C31H38O17/c1-14(32)41-13-22-25(43-15(2)33)26(44-16(3)34)27(45-17(4)35)31(46-22)48-30-23-20(10-11-40-30)24(29(38)42-12-21(23)36)47-28(37)18-6-8-19(39-5)9-7-18/h6-9,20,22-27,29-31,38H,10-13H2,1-5H3/t20-,22+,23+,24-,25+,26-,27+,29+,30+,31-/m0/s1. The van der Waals surface area contributed by atoms with Crippen LogP contribution >= 0.6 is 0 Å². The molecule has 0 aromatic heterocycles. The van der Waals surface area contributed by atoms with Crippen LogP contribution in [0.15, 0.2) is 24.3 Å². The number of carbonyl (C=O) groups is 6. The molecule has 1 N–H and O–H groups in total. The summed E-state index contributed by atoms with van der Waals surface area (Å²) in [6, 6.07) is 6.03. The Morgan fingerprint density at radius 3 is 2.02 bits per heavy atom. The third kappa shape index (κ3) is 9.04. The number of aliphatic hydroxyl groups excluding tert-OH is 1. The fourth-order valence-corrected chi connectivity index (χ4v) is 5.75. The second kappa shape index (κ2) is 16.3. The van der Waals surface area contributed by atoms with Crippen LogP contribution in [0.3, 0.4) is 0 Å². The summed E-state index contributed by atoms with van der Waals surface area (Å²) in [5, 5.41) is 10.8. The van der Waals surface area contributed by atoms with Gasteiger partial charge in [-0.3, -0.25) is 24.0 Å². The van der Waals surface area contributed by atoms with E-state index >= 15 is 0 Å². The average molecular weight is 683 g/mol. The summed E-state index contributed by atoms with van der Waals surface area (Å²) in [5.74, 6) is -6.20. The van der Waals surface area contributed by atoms with E-state index in [1.807, 2.05) is 0 Å². The lowest BCUT2D eigenvalue weighted by Gasteiger charge is -2.46. The third-order valence-electron chi connectivity index (χ3n) is 7.74. The van der Waals surface area contributed by atoms with E-state index < -0.39 is 110 Å². The lowest BCUT2D eigenvalue weighted by molar-refractivity contribution is -0.352. The number of esters is 5. The highest BCUT2D eigenvalue weighted by Crippen LogP contribution is 2.39. The van der Waals surface area contributed by atoms with Gasteiger partial charge in [0.1, 0.15) is 25.1 Å². The number of ether oxygens (including phenoxy) is 10. The van der Waals surface area contributed by atoms with Crippen LogP contribution in [0.2, 0.25) is 0 Å². The van der Waals surface area contributed by atoms with Gasteiger partial charge in [-0.15, -0.1) is 0 Å². The highest BCUT2D eigenvalue weighted by Gasteiger charge is 2.56. The van der Waals surface area contributed by atoms with E-state index in [-0.39, 0.29) is 18.6 Å². The zero-order chi connectivity index (χ0) is 35.1. The molecule has 1 aromatic carbocycles. The molecule has 3 heterocycles. The maximum atomic E-state index is 13.4. The number of hydrogen-bond donors (Lipinski definition) is 1. The number of Topliss-reactive ketones (excluding diaryl/α,β-unsaturated/α-hetero) is 1. The Morgan fingerprint density at radius 2 is 1.42 bits per heavy atom. The van der Waals surface area contributed by atoms with Crippen LogP contribution in [0, 0.1) is 11.8 Å². The maximum absolute atomic E-state index is 13.4. The van der Waals surface area contributed by atoms with Gasteiger partial charge in [-0.1, -0.05) is 0 Å². The molecule has 3 aliphatic heterocycles. The predicted octanol–water partition coefficient (Wildman–Crippen LogP) is 0.217. The van der Waals surface area contributed by atoms with Gasteiger partial charge in [0, 0.05) is 33.6 Å². The Balaban J connectivity index is 1.65. The summed E-state index contributed by atoms with van der Waals surface area (Å²) < 4.78 is 55.4. The number of ketones is 1. The minimum atomic E-state index is -1.68. The molecule has 0 radical (unpaired) electrons. The third-order valence-corrected chi connectivity index (χ3v) is 7.74. The number of aliphatic hydroxyl groups is 1. The van der Waals surface area contributed by atoms with Crippen molar-refractivity contribution in [1.82, 2.24) is 0 Å². The summed E-state index contributed by atoms with van der Waals surface area (Å²) in [5.41, 5.74) is 0.146. The summed E-state index contributed by atoms with van der Waals surface area (Å²) in [6.07, 6.45) is -11.9. The van der Waals surface area contributed by atoms with Crippen molar-refractivity contribution in [1.29, 1.82) is 0 Å².